The molecule has 5 nitrogen and oxygen atoms in total. The summed E-state index contributed by atoms with van der Waals surface area (Å²) in [4.78, 5) is 14.3. The van der Waals surface area contributed by atoms with E-state index >= 15 is 0 Å². The van der Waals surface area contributed by atoms with Crippen molar-refractivity contribution in [1.29, 1.82) is 0 Å². The maximum atomic E-state index is 12.3. The topological polar surface area (TPSA) is 50.8 Å². The highest BCUT2D eigenvalue weighted by Crippen LogP contribution is 2.28. The molecule has 0 radical (unpaired) electrons. The predicted octanol–water partition coefficient (Wildman–Crippen LogP) is 3.08. The zero-order valence-corrected chi connectivity index (χ0v) is 14.6. The van der Waals surface area contributed by atoms with Gasteiger partial charge in [-0.05, 0) is 37.2 Å². The molecular formula is C19H24N2O3. The second-order valence-electron chi connectivity index (χ2n) is 5.71. The van der Waals surface area contributed by atoms with Gasteiger partial charge in [-0.15, -0.1) is 0 Å². The fourth-order valence-electron chi connectivity index (χ4n) is 2.47. The van der Waals surface area contributed by atoms with Crippen LogP contribution in [0.3, 0.4) is 0 Å². The third kappa shape index (κ3) is 4.73. The molecule has 0 aliphatic heterocycles. The van der Waals surface area contributed by atoms with Gasteiger partial charge in [-0.3, -0.25) is 9.69 Å². The van der Waals surface area contributed by atoms with Crippen LogP contribution in [-0.2, 0) is 11.3 Å². The number of hydrogen-bond acceptors (Lipinski definition) is 4. The molecule has 0 aliphatic carbocycles. The van der Waals surface area contributed by atoms with Crippen molar-refractivity contribution in [3.05, 3.63) is 53.6 Å². The summed E-state index contributed by atoms with van der Waals surface area (Å²) in [5, 5.41) is 2.88. The van der Waals surface area contributed by atoms with Gasteiger partial charge in [0.05, 0.1) is 26.5 Å². The van der Waals surface area contributed by atoms with Crippen molar-refractivity contribution in [2.75, 3.05) is 33.1 Å². The molecule has 0 fully saturated rings. The van der Waals surface area contributed by atoms with Gasteiger partial charge >= 0.3 is 0 Å². The largest absolute Gasteiger partial charge is 0.497 e. The molecule has 0 heterocycles. The van der Waals surface area contributed by atoms with Gasteiger partial charge in [-0.2, -0.15) is 0 Å². The van der Waals surface area contributed by atoms with E-state index in [9.17, 15) is 4.79 Å². The molecular weight excluding hydrogens is 304 g/mol. The number of methoxy groups -OCH3 is 2. The first-order valence-electron chi connectivity index (χ1n) is 7.78. The molecule has 0 spiro atoms. The lowest BCUT2D eigenvalue weighted by atomic mass is 10.1. The van der Waals surface area contributed by atoms with Crippen LogP contribution in [-0.4, -0.2) is 38.6 Å². The molecule has 0 unspecified atom stereocenters. The Morgan fingerprint density at radius 1 is 1.12 bits per heavy atom. The Balaban J connectivity index is 1.96. The lowest BCUT2D eigenvalue weighted by molar-refractivity contribution is -0.117. The number of nitrogens with one attached hydrogen (secondary N) is 1. The molecule has 0 saturated heterocycles. The van der Waals surface area contributed by atoms with E-state index in [1.807, 2.05) is 24.1 Å². The lowest BCUT2D eigenvalue weighted by Gasteiger charge is -2.18. The van der Waals surface area contributed by atoms with Crippen molar-refractivity contribution in [2.24, 2.45) is 0 Å². The van der Waals surface area contributed by atoms with E-state index in [1.165, 1.54) is 11.1 Å². The zero-order valence-electron chi connectivity index (χ0n) is 14.6. The van der Waals surface area contributed by atoms with E-state index in [0.717, 1.165) is 6.54 Å². The van der Waals surface area contributed by atoms with Gasteiger partial charge in [0.1, 0.15) is 11.5 Å². The van der Waals surface area contributed by atoms with Crippen LogP contribution in [0.4, 0.5) is 5.69 Å². The van der Waals surface area contributed by atoms with Crippen LogP contribution in [0.15, 0.2) is 42.5 Å². The van der Waals surface area contributed by atoms with Gasteiger partial charge < -0.3 is 14.8 Å². The minimum atomic E-state index is -0.0884. The van der Waals surface area contributed by atoms with Crippen LogP contribution in [0.2, 0.25) is 0 Å². The minimum Gasteiger partial charge on any atom is -0.497 e. The summed E-state index contributed by atoms with van der Waals surface area (Å²) in [5.74, 6) is 1.17. The van der Waals surface area contributed by atoms with Crippen LogP contribution in [0, 0.1) is 6.92 Å². The molecule has 128 valence electrons. The summed E-state index contributed by atoms with van der Waals surface area (Å²) < 4.78 is 10.5. The van der Waals surface area contributed by atoms with E-state index in [-0.39, 0.29) is 5.91 Å². The summed E-state index contributed by atoms with van der Waals surface area (Å²) >= 11 is 0. The molecule has 2 rings (SSSR count). The maximum absolute atomic E-state index is 12.3. The number of rotatable bonds is 7. The molecule has 2 aromatic rings. The van der Waals surface area contributed by atoms with Crippen molar-refractivity contribution >= 4 is 11.6 Å². The molecule has 0 aromatic heterocycles. The predicted molar refractivity (Wildman–Crippen MR) is 95.7 cm³/mol. The first kappa shape index (κ1) is 17.8. The second kappa shape index (κ2) is 8.36. The summed E-state index contributed by atoms with van der Waals surface area (Å²) in [5.41, 5.74) is 3.07. The quantitative estimate of drug-likeness (QED) is 0.848. The number of aryl methyl sites for hydroxylation is 1. The average molecular weight is 328 g/mol. The number of carbonyl (C=O) groups is 1. The Hall–Kier alpha value is -2.53. The number of likely N-dealkylation sites (N-methyl/N-ethyl adjacent to an activating group) is 1. The zero-order chi connectivity index (χ0) is 17.5. The highest BCUT2D eigenvalue weighted by molar-refractivity contribution is 5.93. The van der Waals surface area contributed by atoms with Crippen molar-refractivity contribution in [3.63, 3.8) is 0 Å². The Morgan fingerprint density at radius 2 is 1.88 bits per heavy atom. The van der Waals surface area contributed by atoms with Gasteiger partial charge in [0, 0.05) is 12.6 Å². The number of anilines is 1. The monoisotopic (exact) mass is 328 g/mol. The van der Waals surface area contributed by atoms with Crippen molar-refractivity contribution in [2.45, 2.75) is 13.5 Å². The first-order valence-corrected chi connectivity index (χ1v) is 7.78. The molecule has 24 heavy (non-hydrogen) atoms. The van der Waals surface area contributed by atoms with Gasteiger partial charge in [0.15, 0.2) is 0 Å². The molecule has 0 bridgehead atoms. The fourth-order valence-corrected chi connectivity index (χ4v) is 2.47. The minimum absolute atomic E-state index is 0.0884. The smallest absolute Gasteiger partial charge is 0.238 e. The molecule has 5 heteroatoms. The highest BCUT2D eigenvalue weighted by atomic mass is 16.5. The molecule has 0 atom stereocenters. The number of hydrogen-bond donors (Lipinski definition) is 1. The van der Waals surface area contributed by atoms with Gasteiger partial charge in [-0.1, -0.05) is 24.3 Å². The Bertz CT molecular complexity index is 701. The number of nitrogens with zero attached hydrogens (tertiary/aromatic N) is 1. The lowest BCUT2D eigenvalue weighted by Crippen LogP contribution is -2.30. The SMILES string of the molecule is COc1ccc(NC(=O)CN(C)Cc2ccccc2C)c(OC)c1. The van der Waals surface area contributed by atoms with Crippen molar-refractivity contribution in [1.82, 2.24) is 4.90 Å². The summed E-state index contributed by atoms with van der Waals surface area (Å²) in [6.07, 6.45) is 0. The van der Waals surface area contributed by atoms with Gasteiger partial charge in [0.25, 0.3) is 0 Å². The Kier molecular flexibility index (Phi) is 6.21. The Morgan fingerprint density at radius 3 is 2.54 bits per heavy atom. The first-order chi connectivity index (χ1) is 11.5. The normalized spacial score (nSPS) is 10.5. The van der Waals surface area contributed by atoms with Crippen LogP contribution in [0.1, 0.15) is 11.1 Å². The van der Waals surface area contributed by atoms with E-state index in [1.54, 1.807) is 32.4 Å². The molecule has 0 aliphatic rings. The van der Waals surface area contributed by atoms with E-state index in [2.05, 4.69) is 24.4 Å². The maximum Gasteiger partial charge on any atom is 0.238 e. The molecule has 1 amide bonds. The standard InChI is InChI=1S/C19H24N2O3/c1-14-7-5-6-8-15(14)12-21(2)13-19(22)20-17-10-9-16(23-3)11-18(17)24-4/h5-11H,12-13H2,1-4H3,(H,20,22). The average Bonchev–Trinajstić information content (AvgIpc) is 2.57. The molecule has 0 saturated carbocycles. The fraction of sp³-hybridized carbons (Fsp3) is 0.316. The van der Waals surface area contributed by atoms with Crippen LogP contribution < -0.4 is 14.8 Å². The van der Waals surface area contributed by atoms with Crippen LogP contribution >= 0.6 is 0 Å². The van der Waals surface area contributed by atoms with Gasteiger partial charge in [-0.25, -0.2) is 0 Å². The summed E-state index contributed by atoms with van der Waals surface area (Å²) in [6, 6.07) is 13.5. The number of amides is 1. The summed E-state index contributed by atoms with van der Waals surface area (Å²) in [7, 11) is 5.08. The number of carbonyl (C=O) groups excluding carboxylic acids is 1. The Labute approximate surface area is 143 Å². The van der Waals surface area contributed by atoms with Crippen molar-refractivity contribution in [3.8, 4) is 11.5 Å². The third-order valence-electron chi connectivity index (χ3n) is 3.80. The number of benzene rings is 2. The third-order valence-corrected chi connectivity index (χ3v) is 3.80. The van der Waals surface area contributed by atoms with Crippen LogP contribution in [0.5, 0.6) is 11.5 Å². The van der Waals surface area contributed by atoms with E-state index in [4.69, 9.17) is 9.47 Å². The highest BCUT2D eigenvalue weighted by Gasteiger charge is 2.12. The van der Waals surface area contributed by atoms with Gasteiger partial charge in [0.2, 0.25) is 5.91 Å². The summed E-state index contributed by atoms with van der Waals surface area (Å²) in [6.45, 7) is 3.09. The van der Waals surface area contributed by atoms with E-state index in [0.29, 0.717) is 23.7 Å². The molecule has 1 N–H and O–H groups in total. The second-order valence-corrected chi connectivity index (χ2v) is 5.71. The van der Waals surface area contributed by atoms with Crippen LogP contribution in [0.25, 0.3) is 0 Å². The van der Waals surface area contributed by atoms with Crippen molar-refractivity contribution < 1.29 is 14.3 Å². The molecule has 2 aromatic carbocycles. The number of ether oxygens (including phenoxy) is 2. The van der Waals surface area contributed by atoms with E-state index < -0.39 is 0 Å².